The van der Waals surface area contributed by atoms with E-state index in [0.29, 0.717) is 5.69 Å². The summed E-state index contributed by atoms with van der Waals surface area (Å²) >= 11 is 0. The zero-order valence-corrected chi connectivity index (χ0v) is 4.81. The molecule has 0 aliphatic carbocycles. The summed E-state index contributed by atoms with van der Waals surface area (Å²) in [6.45, 7) is 1.62. The Morgan fingerprint density at radius 2 is 2.56 bits per heavy atom. The molecular formula is C4H5N3O2. The molecule has 0 radical (unpaired) electrons. The normalized spacial score (nSPS) is 9.44. The van der Waals surface area contributed by atoms with Gasteiger partial charge in [0.25, 0.3) is 0 Å². The van der Waals surface area contributed by atoms with Gasteiger partial charge in [-0.15, -0.1) is 0 Å². The fraction of sp³-hybridized carbons (Fsp3) is 0.250. The second-order valence-corrected chi connectivity index (χ2v) is 1.62. The van der Waals surface area contributed by atoms with Crippen molar-refractivity contribution in [1.82, 2.24) is 9.66 Å². The smallest absolute Gasteiger partial charge is 0.170 e. The van der Waals surface area contributed by atoms with E-state index in [1.54, 1.807) is 6.92 Å². The lowest BCUT2D eigenvalue weighted by Crippen LogP contribution is -2.07. The van der Waals surface area contributed by atoms with Crippen molar-refractivity contribution in [2.45, 2.75) is 6.92 Å². The van der Waals surface area contributed by atoms with Gasteiger partial charge in [-0.3, -0.25) is 0 Å². The van der Waals surface area contributed by atoms with Crippen molar-refractivity contribution in [2.24, 2.45) is 0 Å². The molecule has 0 saturated heterocycles. The maximum Gasteiger partial charge on any atom is 0.170 e. The summed E-state index contributed by atoms with van der Waals surface area (Å²) < 4.78 is 0.861. The Morgan fingerprint density at radius 3 is 2.78 bits per heavy atom. The van der Waals surface area contributed by atoms with Gasteiger partial charge in [0.15, 0.2) is 11.4 Å². The number of aromatic nitrogens is 2. The van der Waals surface area contributed by atoms with Crippen LogP contribution in [0.1, 0.15) is 5.69 Å². The Bertz CT molecular complexity index is 229. The molecule has 5 heteroatoms. The number of aryl methyl sites for hydroxylation is 1. The molecule has 1 rings (SSSR count). The SMILES string of the molecule is Cc1cncn1[N+](=O)[O-]. The third kappa shape index (κ3) is 0.883. The first-order valence-electron chi connectivity index (χ1n) is 2.35. The average Bonchev–Trinajstić information content (AvgIpc) is 2.13. The van der Waals surface area contributed by atoms with Crippen LogP contribution in [-0.2, 0) is 0 Å². The summed E-state index contributed by atoms with van der Waals surface area (Å²) in [5.41, 5.74) is 0.528. The van der Waals surface area contributed by atoms with E-state index in [-0.39, 0.29) is 0 Å². The summed E-state index contributed by atoms with van der Waals surface area (Å²) in [4.78, 5) is 13.6. The van der Waals surface area contributed by atoms with Gasteiger partial charge in [-0.2, -0.15) is 0 Å². The highest BCUT2D eigenvalue weighted by Crippen LogP contribution is 1.93. The van der Waals surface area contributed by atoms with Gasteiger partial charge in [0, 0.05) is 0 Å². The van der Waals surface area contributed by atoms with Crippen LogP contribution < -0.4 is 0 Å². The molecule has 0 saturated carbocycles. The van der Waals surface area contributed by atoms with Crippen LogP contribution in [0.15, 0.2) is 12.5 Å². The van der Waals surface area contributed by atoms with Crippen molar-refractivity contribution in [3.05, 3.63) is 28.3 Å². The van der Waals surface area contributed by atoms with Gasteiger partial charge in [-0.1, -0.05) is 4.68 Å². The first-order chi connectivity index (χ1) is 4.22. The fourth-order valence-electron chi connectivity index (χ4n) is 0.526. The number of rotatable bonds is 1. The second kappa shape index (κ2) is 1.85. The van der Waals surface area contributed by atoms with Crippen molar-refractivity contribution in [2.75, 3.05) is 0 Å². The number of nitrogens with zero attached hydrogens (tertiary/aromatic N) is 3. The lowest BCUT2D eigenvalue weighted by molar-refractivity contribution is -0.543. The van der Waals surface area contributed by atoms with Crippen LogP contribution in [0.2, 0.25) is 0 Å². The number of nitro groups is 1. The van der Waals surface area contributed by atoms with Crippen molar-refractivity contribution >= 4 is 0 Å². The largest absolute Gasteiger partial charge is 0.238 e. The van der Waals surface area contributed by atoms with Gasteiger partial charge in [0.05, 0.1) is 6.20 Å². The van der Waals surface area contributed by atoms with E-state index in [0.717, 1.165) is 11.0 Å². The highest BCUT2D eigenvalue weighted by atomic mass is 16.7. The number of imidazole rings is 1. The lowest BCUT2D eigenvalue weighted by atomic mass is 10.6. The van der Waals surface area contributed by atoms with Crippen LogP contribution >= 0.6 is 0 Å². The standard InChI is InChI=1S/C4H5N3O2/c1-4-2-5-3-6(4)7(8)9/h2-3H,1H3. The Hall–Kier alpha value is -1.39. The lowest BCUT2D eigenvalue weighted by Gasteiger charge is -1.88. The minimum atomic E-state index is -0.525. The molecule has 0 aliphatic rings. The summed E-state index contributed by atoms with van der Waals surface area (Å²) in [6.07, 6.45) is 2.60. The summed E-state index contributed by atoms with van der Waals surface area (Å²) in [7, 11) is 0. The Balaban J connectivity index is 3.08. The van der Waals surface area contributed by atoms with Crippen LogP contribution in [0.25, 0.3) is 0 Å². The van der Waals surface area contributed by atoms with Crippen molar-refractivity contribution in [3.8, 4) is 0 Å². The topological polar surface area (TPSA) is 61.0 Å². The predicted octanol–water partition coefficient (Wildman–Crippen LogP) is 0.231. The number of hydrogen-bond donors (Lipinski definition) is 0. The zero-order chi connectivity index (χ0) is 6.85. The van der Waals surface area contributed by atoms with Crippen LogP contribution in [0, 0.1) is 17.0 Å². The molecule has 0 bridgehead atoms. The molecule has 0 fully saturated rings. The van der Waals surface area contributed by atoms with Crippen molar-refractivity contribution in [3.63, 3.8) is 0 Å². The molecule has 0 aromatic carbocycles. The first kappa shape index (κ1) is 5.74. The van der Waals surface area contributed by atoms with Gasteiger partial charge in [0.2, 0.25) is 0 Å². The maximum absolute atomic E-state index is 10.0. The molecule has 0 aliphatic heterocycles. The third-order valence-electron chi connectivity index (χ3n) is 0.975. The molecular weight excluding hydrogens is 122 g/mol. The van der Waals surface area contributed by atoms with Crippen molar-refractivity contribution < 1.29 is 5.03 Å². The molecule has 1 aromatic heterocycles. The van der Waals surface area contributed by atoms with E-state index in [4.69, 9.17) is 0 Å². The molecule has 0 N–H and O–H groups in total. The summed E-state index contributed by atoms with van der Waals surface area (Å²) in [5.74, 6) is 0. The van der Waals surface area contributed by atoms with Crippen LogP contribution in [0.3, 0.4) is 0 Å². The Kier molecular flexibility index (Phi) is 1.18. The molecule has 48 valence electrons. The third-order valence-corrected chi connectivity index (χ3v) is 0.975. The Morgan fingerprint density at radius 1 is 1.89 bits per heavy atom. The van der Waals surface area contributed by atoms with E-state index >= 15 is 0 Å². The van der Waals surface area contributed by atoms with Gasteiger partial charge < -0.3 is 0 Å². The molecule has 0 amide bonds. The van der Waals surface area contributed by atoms with E-state index in [1.807, 2.05) is 0 Å². The highest BCUT2D eigenvalue weighted by Gasteiger charge is 2.02. The van der Waals surface area contributed by atoms with Crippen LogP contribution in [0.5, 0.6) is 0 Å². The molecule has 1 aromatic rings. The highest BCUT2D eigenvalue weighted by molar-refractivity contribution is 4.90. The van der Waals surface area contributed by atoms with E-state index < -0.39 is 5.03 Å². The fourth-order valence-corrected chi connectivity index (χ4v) is 0.526. The summed E-state index contributed by atoms with van der Waals surface area (Å²) in [6, 6.07) is 0. The van der Waals surface area contributed by atoms with Crippen LogP contribution in [-0.4, -0.2) is 14.7 Å². The average molecular weight is 127 g/mol. The van der Waals surface area contributed by atoms with Gasteiger partial charge in [-0.05, 0) is 6.92 Å². The summed E-state index contributed by atoms with van der Waals surface area (Å²) in [5, 5.41) is 9.49. The molecule has 0 atom stereocenters. The minimum Gasteiger partial charge on any atom is -0.238 e. The quantitative estimate of drug-likeness (QED) is 0.400. The van der Waals surface area contributed by atoms with Crippen LogP contribution in [0.4, 0.5) is 0 Å². The molecule has 0 spiro atoms. The first-order valence-corrected chi connectivity index (χ1v) is 2.35. The minimum absolute atomic E-state index is 0.525. The van der Waals surface area contributed by atoms with E-state index in [1.165, 1.54) is 6.20 Å². The maximum atomic E-state index is 10.0. The molecule has 5 nitrogen and oxygen atoms in total. The zero-order valence-electron chi connectivity index (χ0n) is 4.81. The van der Waals surface area contributed by atoms with E-state index in [9.17, 15) is 10.1 Å². The van der Waals surface area contributed by atoms with E-state index in [2.05, 4.69) is 4.98 Å². The van der Waals surface area contributed by atoms with Gasteiger partial charge in [0.1, 0.15) is 5.69 Å². The van der Waals surface area contributed by atoms with Gasteiger partial charge >= 0.3 is 0 Å². The second-order valence-electron chi connectivity index (χ2n) is 1.62. The number of hydrogen-bond acceptors (Lipinski definition) is 3. The van der Waals surface area contributed by atoms with Gasteiger partial charge in [-0.25, -0.2) is 15.1 Å². The molecule has 0 unspecified atom stereocenters. The monoisotopic (exact) mass is 127 g/mol. The Labute approximate surface area is 51.1 Å². The molecule has 9 heavy (non-hydrogen) atoms. The van der Waals surface area contributed by atoms with Crippen molar-refractivity contribution in [1.29, 1.82) is 0 Å². The molecule has 1 heterocycles. The predicted molar refractivity (Wildman–Crippen MR) is 29.4 cm³/mol.